The Kier molecular flexibility index (Phi) is 16.6. The molecule has 2 aromatic heterocycles. The molecule has 20 heteroatoms. The average molecular weight is 1180 g/mol. The number of aromatic nitrogens is 3. The predicted octanol–water partition coefficient (Wildman–Crippen LogP) is 10.1. The molecule has 6 aromatic rings. The SMILES string of the molecule is CCOc1cc(C(C)(C)C)ccc1C1=N[C@]2(c3ccc(Cl)cc3)c3cc(Cl)ccc3[C@@]2(C)N1C(=O)N1CCN(CCOCCOCCC(=O)NCCn2nc3c(c2C)-c2cnc(N)c(c2)N2CCC[C@@H]2c2cc(F)ccc2C(=O)N(C)C3)CC1. The molecule has 11 rings (SSSR count). The molecular weight excluding hydrogens is 1110 g/mol. The molecule has 6 heterocycles. The van der Waals surface area contributed by atoms with Crippen molar-refractivity contribution in [3.63, 3.8) is 0 Å². The van der Waals surface area contributed by atoms with Crippen molar-refractivity contribution in [2.24, 2.45) is 4.99 Å². The van der Waals surface area contributed by atoms with Gasteiger partial charge in [-0.3, -0.25) is 24.1 Å². The van der Waals surface area contributed by atoms with Gasteiger partial charge in [0.15, 0.2) is 0 Å². The van der Waals surface area contributed by atoms with Gasteiger partial charge in [0.2, 0.25) is 5.91 Å². The number of pyridine rings is 1. The number of ether oxygens (including phenoxy) is 3. The lowest BCUT2D eigenvalue weighted by Crippen LogP contribution is -2.66. The van der Waals surface area contributed by atoms with E-state index >= 15 is 4.79 Å². The second kappa shape index (κ2) is 23.8. The Morgan fingerprint density at radius 1 is 0.869 bits per heavy atom. The number of piperazine rings is 1. The molecule has 0 saturated carbocycles. The second-order valence-electron chi connectivity index (χ2n) is 23.6. The van der Waals surface area contributed by atoms with Crippen LogP contribution in [0.25, 0.3) is 11.1 Å². The molecule has 2 saturated heterocycles. The zero-order valence-electron chi connectivity index (χ0n) is 48.9. The van der Waals surface area contributed by atoms with Gasteiger partial charge in [0, 0.05) is 97.9 Å². The molecule has 2 bridgehead atoms. The Labute approximate surface area is 500 Å². The monoisotopic (exact) mass is 1180 g/mol. The average Bonchev–Trinajstić information content (AvgIpc) is 1.78. The van der Waals surface area contributed by atoms with Crippen molar-refractivity contribution in [2.45, 2.75) is 96.4 Å². The topological polar surface area (TPSA) is 176 Å². The van der Waals surface area contributed by atoms with Gasteiger partial charge in [-0.05, 0) is 128 Å². The number of fused-ring (bicyclic) bond motifs is 12. The van der Waals surface area contributed by atoms with Crippen molar-refractivity contribution in [3.05, 3.63) is 157 Å². The summed E-state index contributed by atoms with van der Waals surface area (Å²) in [5, 5.41) is 9.15. The third-order valence-electron chi connectivity index (χ3n) is 17.4. The number of carbonyl (C=O) groups excluding carboxylic acids is 3. The molecule has 4 aliphatic heterocycles. The zero-order chi connectivity index (χ0) is 59.2. The molecule has 1 aliphatic carbocycles. The summed E-state index contributed by atoms with van der Waals surface area (Å²) in [6.45, 7) is 19.1. The van der Waals surface area contributed by atoms with E-state index in [0.717, 1.165) is 63.2 Å². The van der Waals surface area contributed by atoms with E-state index in [1.807, 2.05) is 82.9 Å². The van der Waals surface area contributed by atoms with Crippen molar-refractivity contribution in [1.82, 2.24) is 39.7 Å². The fourth-order valence-corrected chi connectivity index (χ4v) is 13.3. The van der Waals surface area contributed by atoms with E-state index in [2.05, 4.69) is 59.9 Å². The lowest BCUT2D eigenvalue weighted by Gasteiger charge is -2.56. The van der Waals surface area contributed by atoms with Crippen LogP contribution < -0.4 is 20.7 Å². The van der Waals surface area contributed by atoms with Gasteiger partial charge < -0.3 is 40.0 Å². The molecule has 3 atom stereocenters. The van der Waals surface area contributed by atoms with E-state index in [4.69, 9.17) is 53.2 Å². The van der Waals surface area contributed by atoms with Crippen LogP contribution in [-0.2, 0) is 43.9 Å². The fraction of sp³-hybridized carbons (Fsp3) is 0.438. The van der Waals surface area contributed by atoms with E-state index in [1.165, 1.54) is 12.1 Å². The Morgan fingerprint density at radius 2 is 1.61 bits per heavy atom. The number of nitrogen functional groups attached to an aromatic ring is 1. The highest BCUT2D eigenvalue weighted by Crippen LogP contribution is 2.66. The first-order chi connectivity index (χ1) is 40.3. The van der Waals surface area contributed by atoms with Crippen molar-refractivity contribution in [1.29, 1.82) is 0 Å². The highest BCUT2D eigenvalue weighted by atomic mass is 35.5. The molecule has 4 amide bonds. The Bertz CT molecular complexity index is 3530. The number of aliphatic imine (C=N–C) groups is 1. The molecule has 5 aliphatic rings. The Balaban J connectivity index is 0.664. The normalized spacial score (nSPS) is 20.2. The van der Waals surface area contributed by atoms with Crippen molar-refractivity contribution in [2.75, 3.05) is 96.5 Å². The number of anilines is 2. The van der Waals surface area contributed by atoms with E-state index < -0.39 is 16.9 Å². The molecule has 17 nitrogen and oxygen atoms in total. The summed E-state index contributed by atoms with van der Waals surface area (Å²) in [6.07, 6.45) is 3.50. The molecule has 4 aromatic carbocycles. The summed E-state index contributed by atoms with van der Waals surface area (Å²) in [6, 6.07) is 25.9. The molecule has 2 fully saturated rings. The third kappa shape index (κ3) is 10.8. The van der Waals surface area contributed by atoms with Crippen LogP contribution in [0.2, 0.25) is 10.0 Å². The van der Waals surface area contributed by atoms with Crippen LogP contribution >= 0.6 is 23.2 Å². The lowest BCUT2D eigenvalue weighted by atomic mass is 9.54. The summed E-state index contributed by atoms with van der Waals surface area (Å²) in [4.78, 5) is 62.6. The minimum Gasteiger partial charge on any atom is -0.493 e. The maximum Gasteiger partial charge on any atom is 0.326 e. The summed E-state index contributed by atoms with van der Waals surface area (Å²) in [5.41, 5.74) is 14.2. The number of nitrogens with one attached hydrogen (secondary N) is 1. The van der Waals surface area contributed by atoms with Crippen LogP contribution in [0.15, 0.2) is 96.1 Å². The number of urea groups is 1. The molecule has 0 unspecified atom stereocenters. The van der Waals surface area contributed by atoms with Gasteiger partial charge in [-0.1, -0.05) is 68.2 Å². The van der Waals surface area contributed by atoms with Gasteiger partial charge in [0.25, 0.3) is 5.91 Å². The van der Waals surface area contributed by atoms with Crippen LogP contribution in [0.1, 0.15) is 115 Å². The number of amides is 4. The Hall–Kier alpha value is -7.09. The maximum absolute atomic E-state index is 15.4. The third-order valence-corrected chi connectivity index (χ3v) is 17.9. The number of carbonyl (C=O) groups is 3. The molecule has 84 heavy (non-hydrogen) atoms. The second-order valence-corrected chi connectivity index (χ2v) is 24.5. The van der Waals surface area contributed by atoms with E-state index in [1.54, 1.807) is 24.2 Å². The van der Waals surface area contributed by atoms with Crippen molar-refractivity contribution >= 4 is 58.4 Å². The van der Waals surface area contributed by atoms with E-state index in [0.29, 0.717) is 123 Å². The van der Waals surface area contributed by atoms with Crippen LogP contribution in [-0.4, -0.2) is 144 Å². The molecular formula is C64H74Cl2FN11O6. The predicted molar refractivity (Wildman–Crippen MR) is 325 cm³/mol. The number of rotatable bonds is 16. The summed E-state index contributed by atoms with van der Waals surface area (Å²) in [5.74, 6) is 0.793. The summed E-state index contributed by atoms with van der Waals surface area (Å²) in [7, 11) is 1.73. The highest BCUT2D eigenvalue weighted by Gasteiger charge is 2.71. The van der Waals surface area contributed by atoms with Crippen molar-refractivity contribution in [3.8, 4) is 16.9 Å². The first-order valence-corrected chi connectivity index (χ1v) is 29.9. The molecule has 3 N–H and O–H groups in total. The van der Waals surface area contributed by atoms with Crippen LogP contribution in [0.3, 0.4) is 0 Å². The number of hydrogen-bond acceptors (Lipinski definition) is 12. The van der Waals surface area contributed by atoms with Gasteiger partial charge in [0.05, 0.1) is 69.1 Å². The molecule has 0 spiro atoms. The fourth-order valence-electron chi connectivity index (χ4n) is 13.0. The first-order valence-electron chi connectivity index (χ1n) is 29.1. The highest BCUT2D eigenvalue weighted by molar-refractivity contribution is 6.31. The number of amidine groups is 1. The van der Waals surface area contributed by atoms with Crippen LogP contribution in [0.4, 0.5) is 20.7 Å². The summed E-state index contributed by atoms with van der Waals surface area (Å²) >= 11 is 13.2. The first kappa shape index (κ1) is 58.7. The zero-order valence-corrected chi connectivity index (χ0v) is 50.5. The standard InChI is InChI=1S/C64H74Cl2FN11O6/c1-8-84-55-35-43(62(3,4)5)13-18-48(55)59-71-64(42-11-14-44(65)15-12-42)51-36-45(66)16-20-50(51)63(64,6)78(59)61(81)75-27-25-74(26-28-75)29-31-83-33-32-82-30-21-56(79)69-22-24-77-40(2)57-41-34-54(58(68)70-38-41)76-23-9-10-53(76)49-37-46(67)17-19-47(49)60(80)73(7)39-52(57)72-77/h11-20,34-38,53H,8-10,21-33,39H2,1-7H3,(H2,68,70)(H,69,79)/t53-,63-,64-/m1/s1. The largest absolute Gasteiger partial charge is 0.493 e. The van der Waals surface area contributed by atoms with Gasteiger partial charge >= 0.3 is 6.03 Å². The van der Waals surface area contributed by atoms with Gasteiger partial charge in [-0.15, -0.1) is 0 Å². The van der Waals surface area contributed by atoms with Crippen LogP contribution in [0.5, 0.6) is 5.75 Å². The van der Waals surface area contributed by atoms with Gasteiger partial charge in [-0.2, -0.15) is 5.10 Å². The minimum absolute atomic E-state index is 0.132. The maximum atomic E-state index is 15.4. The quantitative estimate of drug-likeness (QED) is 0.0882. The number of hydrogen-bond donors (Lipinski definition) is 2. The molecule has 0 radical (unpaired) electrons. The number of benzene rings is 4. The Morgan fingerprint density at radius 3 is 2.36 bits per heavy atom. The van der Waals surface area contributed by atoms with Gasteiger partial charge in [-0.25, -0.2) is 19.2 Å². The molecule has 442 valence electrons. The van der Waals surface area contributed by atoms with E-state index in [-0.39, 0.29) is 48.9 Å². The smallest absolute Gasteiger partial charge is 0.326 e. The number of halogens is 3. The number of nitrogens with two attached hydrogens (primary N) is 1. The minimum atomic E-state index is -0.974. The van der Waals surface area contributed by atoms with Crippen LogP contribution in [0, 0.1) is 12.7 Å². The van der Waals surface area contributed by atoms with Crippen molar-refractivity contribution < 1.29 is 33.0 Å². The lowest BCUT2D eigenvalue weighted by molar-refractivity contribution is -0.122. The van der Waals surface area contributed by atoms with E-state index in [9.17, 15) is 14.0 Å². The summed E-state index contributed by atoms with van der Waals surface area (Å²) < 4.78 is 34.8. The number of nitrogens with zero attached hydrogens (tertiary/aromatic N) is 9. The van der Waals surface area contributed by atoms with Gasteiger partial charge in [0.1, 0.15) is 34.3 Å².